The molecule has 1 aliphatic carbocycles. The van der Waals surface area contributed by atoms with E-state index in [-0.39, 0.29) is 0 Å². The van der Waals surface area contributed by atoms with Crippen molar-refractivity contribution in [2.75, 3.05) is 18.6 Å². The molecule has 0 amide bonds. The van der Waals surface area contributed by atoms with Gasteiger partial charge in [0.2, 0.25) is 0 Å². The molecule has 19 heavy (non-hydrogen) atoms. The maximum Gasteiger partial charge on any atom is 0.0106 e. The van der Waals surface area contributed by atoms with Crippen molar-refractivity contribution in [1.29, 1.82) is 0 Å². The number of thioether (sulfide) groups is 1. The van der Waals surface area contributed by atoms with E-state index in [1.54, 1.807) is 11.1 Å². The molecule has 2 heteroatoms. The smallest absolute Gasteiger partial charge is 0.0106 e. The highest BCUT2D eigenvalue weighted by Crippen LogP contribution is 2.37. The Morgan fingerprint density at radius 3 is 3.00 bits per heavy atom. The summed E-state index contributed by atoms with van der Waals surface area (Å²) in [6, 6.07) is 9.84. The summed E-state index contributed by atoms with van der Waals surface area (Å²) in [6.07, 6.45) is 6.78. The summed E-state index contributed by atoms with van der Waals surface area (Å²) in [6.45, 7) is 0. The van der Waals surface area contributed by atoms with Crippen molar-refractivity contribution < 1.29 is 0 Å². The van der Waals surface area contributed by atoms with Crippen LogP contribution in [-0.4, -0.2) is 24.6 Å². The van der Waals surface area contributed by atoms with Crippen molar-refractivity contribution in [3.8, 4) is 0 Å². The van der Waals surface area contributed by atoms with Crippen LogP contribution in [0.2, 0.25) is 0 Å². The molecule has 0 radical (unpaired) electrons. The van der Waals surface area contributed by atoms with Gasteiger partial charge in [-0.15, -0.1) is 0 Å². The second kappa shape index (κ2) is 6.32. The largest absolute Gasteiger partial charge is 0.317 e. The Balaban J connectivity index is 1.72. The van der Waals surface area contributed by atoms with Gasteiger partial charge in [-0.05, 0) is 73.6 Å². The Bertz CT molecular complexity index is 411. The fraction of sp³-hybridized carbons (Fsp3) is 0.647. The van der Waals surface area contributed by atoms with Gasteiger partial charge in [-0.1, -0.05) is 24.3 Å². The standard InChI is InChI=1S/C17H25NS/c1-18-17(15-9-10-19-12-15)11-14-7-4-6-13-5-2-3-8-16(13)14/h2-3,5,8,14-15,17-18H,4,6-7,9-12H2,1H3. The van der Waals surface area contributed by atoms with Gasteiger partial charge in [-0.25, -0.2) is 0 Å². The zero-order valence-electron chi connectivity index (χ0n) is 11.9. The second-order valence-electron chi connectivity index (χ2n) is 6.04. The first kappa shape index (κ1) is 13.5. The summed E-state index contributed by atoms with van der Waals surface area (Å²) in [4.78, 5) is 0. The number of nitrogens with one attached hydrogen (secondary N) is 1. The van der Waals surface area contributed by atoms with E-state index in [0.29, 0.717) is 6.04 Å². The van der Waals surface area contributed by atoms with Gasteiger partial charge in [0.15, 0.2) is 0 Å². The molecule has 1 aromatic rings. The fourth-order valence-corrected chi connectivity index (χ4v) is 5.16. The van der Waals surface area contributed by atoms with Crippen molar-refractivity contribution >= 4 is 11.8 Å². The molecule has 0 bridgehead atoms. The Kier molecular flexibility index (Phi) is 4.49. The lowest BCUT2D eigenvalue weighted by Crippen LogP contribution is -2.35. The van der Waals surface area contributed by atoms with Crippen molar-refractivity contribution in [2.24, 2.45) is 5.92 Å². The van der Waals surface area contributed by atoms with Gasteiger partial charge in [0.25, 0.3) is 0 Å². The molecule has 0 saturated carbocycles. The summed E-state index contributed by atoms with van der Waals surface area (Å²) in [5.74, 6) is 4.40. The lowest BCUT2D eigenvalue weighted by molar-refractivity contribution is 0.344. The second-order valence-corrected chi connectivity index (χ2v) is 7.19. The molecule has 1 aliphatic heterocycles. The maximum atomic E-state index is 3.61. The Morgan fingerprint density at radius 1 is 1.32 bits per heavy atom. The van der Waals surface area contributed by atoms with Crippen LogP contribution in [0.4, 0.5) is 0 Å². The summed E-state index contributed by atoms with van der Waals surface area (Å²) < 4.78 is 0. The third kappa shape index (κ3) is 3.00. The number of rotatable bonds is 4. The predicted molar refractivity (Wildman–Crippen MR) is 85.0 cm³/mol. The zero-order chi connectivity index (χ0) is 13.1. The van der Waals surface area contributed by atoms with E-state index in [9.17, 15) is 0 Å². The molecule has 3 rings (SSSR count). The first-order valence-corrected chi connectivity index (χ1v) is 8.86. The van der Waals surface area contributed by atoms with Crippen molar-refractivity contribution in [3.05, 3.63) is 35.4 Å². The summed E-state index contributed by atoms with van der Waals surface area (Å²) in [5, 5.41) is 3.61. The van der Waals surface area contributed by atoms with Crippen LogP contribution in [0.1, 0.15) is 42.7 Å². The number of benzene rings is 1. The minimum Gasteiger partial charge on any atom is -0.317 e. The molecule has 1 saturated heterocycles. The summed E-state index contributed by atoms with van der Waals surface area (Å²) >= 11 is 2.13. The summed E-state index contributed by atoms with van der Waals surface area (Å²) in [7, 11) is 2.16. The van der Waals surface area contributed by atoms with Gasteiger partial charge >= 0.3 is 0 Å². The molecule has 3 atom stereocenters. The predicted octanol–water partition coefficient (Wildman–Crippen LogP) is 3.84. The van der Waals surface area contributed by atoms with E-state index in [0.717, 1.165) is 11.8 Å². The van der Waals surface area contributed by atoms with E-state index in [2.05, 4.69) is 48.4 Å². The van der Waals surface area contributed by atoms with Crippen LogP contribution in [-0.2, 0) is 6.42 Å². The Morgan fingerprint density at radius 2 is 2.21 bits per heavy atom. The van der Waals surface area contributed by atoms with E-state index in [1.807, 2.05) is 0 Å². The van der Waals surface area contributed by atoms with E-state index in [4.69, 9.17) is 0 Å². The first-order chi connectivity index (χ1) is 9.38. The molecule has 3 unspecified atom stereocenters. The molecule has 1 N–H and O–H groups in total. The zero-order valence-corrected chi connectivity index (χ0v) is 12.7. The normalized spacial score (nSPS) is 28.1. The monoisotopic (exact) mass is 275 g/mol. The first-order valence-electron chi connectivity index (χ1n) is 7.71. The molecule has 1 nitrogen and oxygen atoms in total. The SMILES string of the molecule is CNC(CC1CCCc2ccccc21)C1CCSC1. The van der Waals surface area contributed by atoms with Crippen LogP contribution in [0.3, 0.4) is 0 Å². The maximum absolute atomic E-state index is 3.61. The lowest BCUT2D eigenvalue weighted by atomic mass is 9.77. The molecule has 2 aliphatic rings. The van der Waals surface area contributed by atoms with Gasteiger partial charge < -0.3 is 5.32 Å². The van der Waals surface area contributed by atoms with Gasteiger partial charge in [-0.2, -0.15) is 11.8 Å². The Hall–Kier alpha value is -0.470. The van der Waals surface area contributed by atoms with Crippen molar-refractivity contribution in [1.82, 2.24) is 5.32 Å². The molecule has 0 spiro atoms. The highest BCUT2D eigenvalue weighted by atomic mass is 32.2. The molecule has 1 fully saturated rings. The Labute approximate surface area is 121 Å². The van der Waals surface area contributed by atoms with Gasteiger partial charge in [0.1, 0.15) is 0 Å². The minimum atomic E-state index is 0.714. The highest BCUT2D eigenvalue weighted by Gasteiger charge is 2.29. The van der Waals surface area contributed by atoms with Crippen LogP contribution < -0.4 is 5.32 Å². The fourth-order valence-electron chi connectivity index (χ4n) is 3.82. The van der Waals surface area contributed by atoms with E-state index in [1.165, 1.54) is 43.6 Å². The number of fused-ring (bicyclic) bond motifs is 1. The van der Waals surface area contributed by atoms with Crippen LogP contribution in [0.25, 0.3) is 0 Å². The van der Waals surface area contributed by atoms with Crippen LogP contribution in [0, 0.1) is 5.92 Å². The van der Waals surface area contributed by atoms with Gasteiger partial charge in [-0.3, -0.25) is 0 Å². The molecule has 1 heterocycles. The third-order valence-electron chi connectivity index (χ3n) is 4.94. The van der Waals surface area contributed by atoms with Crippen LogP contribution >= 0.6 is 11.8 Å². The van der Waals surface area contributed by atoms with Crippen molar-refractivity contribution in [3.63, 3.8) is 0 Å². The lowest BCUT2D eigenvalue weighted by Gasteiger charge is -2.31. The van der Waals surface area contributed by atoms with Crippen LogP contribution in [0.5, 0.6) is 0 Å². The molecule has 104 valence electrons. The van der Waals surface area contributed by atoms with Crippen LogP contribution in [0.15, 0.2) is 24.3 Å². The van der Waals surface area contributed by atoms with Crippen molar-refractivity contribution in [2.45, 2.75) is 44.1 Å². The summed E-state index contributed by atoms with van der Waals surface area (Å²) in [5.41, 5.74) is 3.24. The topological polar surface area (TPSA) is 12.0 Å². The number of aryl methyl sites for hydroxylation is 1. The van der Waals surface area contributed by atoms with Gasteiger partial charge in [0, 0.05) is 6.04 Å². The quantitative estimate of drug-likeness (QED) is 0.896. The average molecular weight is 275 g/mol. The molecule has 1 aromatic carbocycles. The number of hydrogen-bond donors (Lipinski definition) is 1. The third-order valence-corrected chi connectivity index (χ3v) is 6.13. The van der Waals surface area contributed by atoms with Gasteiger partial charge in [0.05, 0.1) is 0 Å². The molecule has 0 aromatic heterocycles. The van der Waals surface area contributed by atoms with E-state index < -0.39 is 0 Å². The molecular formula is C17H25NS. The van der Waals surface area contributed by atoms with E-state index >= 15 is 0 Å². The average Bonchev–Trinajstić information content (AvgIpc) is 2.99. The number of hydrogen-bond acceptors (Lipinski definition) is 2. The minimum absolute atomic E-state index is 0.714. The molecular weight excluding hydrogens is 250 g/mol. The highest BCUT2D eigenvalue weighted by molar-refractivity contribution is 7.99.